The smallest absolute Gasteiger partial charge is 0.117 e. The molecule has 1 N–H and O–H groups in total. The number of nitrogens with zero attached hydrogens (tertiary/aromatic N) is 1. The molecule has 0 aliphatic rings. The van der Waals surface area contributed by atoms with E-state index in [1.807, 2.05) is 7.05 Å². The maximum Gasteiger partial charge on any atom is 0.117 e. The van der Waals surface area contributed by atoms with Crippen LogP contribution in [0.2, 0.25) is 0 Å². The number of aromatic nitrogens is 1. The normalized spacial score (nSPS) is 11.6. The van der Waals surface area contributed by atoms with Crippen molar-refractivity contribution < 1.29 is 0 Å². The maximum absolute atomic E-state index is 4.82. The quantitative estimate of drug-likeness (QED) is 0.862. The van der Waals surface area contributed by atoms with Gasteiger partial charge in [0, 0.05) is 18.0 Å². The van der Waals surface area contributed by atoms with Crippen LogP contribution in [0.15, 0.2) is 24.3 Å². The van der Waals surface area contributed by atoms with Crippen LogP contribution in [0, 0.1) is 6.92 Å². The van der Waals surface area contributed by atoms with Gasteiger partial charge in [0.2, 0.25) is 0 Å². The van der Waals surface area contributed by atoms with Crippen molar-refractivity contribution in [2.75, 3.05) is 12.4 Å². The fourth-order valence-corrected chi connectivity index (χ4v) is 2.80. The van der Waals surface area contributed by atoms with E-state index in [9.17, 15) is 0 Å². The number of benzene rings is 1. The zero-order valence-corrected chi connectivity index (χ0v) is 12.5. The Morgan fingerprint density at radius 3 is 2.50 bits per heavy atom. The first-order valence-corrected chi connectivity index (χ1v) is 6.99. The third kappa shape index (κ3) is 2.56. The van der Waals surface area contributed by atoms with E-state index in [1.165, 1.54) is 16.1 Å². The SMILES string of the molecule is CNc1sc(C(C)(C)C)nc1-c1cccc(C)c1. The van der Waals surface area contributed by atoms with E-state index in [4.69, 9.17) is 4.98 Å². The number of thiazole rings is 1. The Hall–Kier alpha value is -1.35. The summed E-state index contributed by atoms with van der Waals surface area (Å²) in [7, 11) is 1.96. The molecule has 0 fully saturated rings. The lowest BCUT2D eigenvalue weighted by Gasteiger charge is -2.13. The van der Waals surface area contributed by atoms with Gasteiger partial charge in [-0.1, -0.05) is 44.5 Å². The fourth-order valence-electron chi connectivity index (χ4n) is 1.80. The fraction of sp³-hybridized carbons (Fsp3) is 0.400. The Bertz CT molecular complexity index is 550. The number of nitrogens with one attached hydrogen (secondary N) is 1. The van der Waals surface area contributed by atoms with E-state index < -0.39 is 0 Å². The van der Waals surface area contributed by atoms with Crippen molar-refractivity contribution in [1.82, 2.24) is 4.98 Å². The van der Waals surface area contributed by atoms with E-state index in [0.29, 0.717) is 0 Å². The van der Waals surface area contributed by atoms with Gasteiger partial charge in [0.15, 0.2) is 0 Å². The summed E-state index contributed by atoms with van der Waals surface area (Å²) in [5, 5.41) is 5.58. The third-order valence-corrected chi connectivity index (χ3v) is 4.29. The Balaban J connectivity index is 2.54. The number of hydrogen-bond donors (Lipinski definition) is 1. The van der Waals surface area contributed by atoms with Gasteiger partial charge in [-0.05, 0) is 13.0 Å². The Kier molecular flexibility index (Phi) is 3.44. The summed E-state index contributed by atoms with van der Waals surface area (Å²) in [5.74, 6) is 0. The summed E-state index contributed by atoms with van der Waals surface area (Å²) < 4.78 is 0. The highest BCUT2D eigenvalue weighted by Gasteiger charge is 2.21. The monoisotopic (exact) mass is 260 g/mol. The van der Waals surface area contributed by atoms with Gasteiger partial charge in [0.1, 0.15) is 15.7 Å². The van der Waals surface area contributed by atoms with Crippen molar-refractivity contribution in [2.24, 2.45) is 0 Å². The van der Waals surface area contributed by atoms with Gasteiger partial charge in [0.25, 0.3) is 0 Å². The van der Waals surface area contributed by atoms with Crippen LogP contribution in [0.4, 0.5) is 5.00 Å². The molecule has 0 atom stereocenters. The van der Waals surface area contributed by atoms with Gasteiger partial charge in [-0.3, -0.25) is 0 Å². The number of hydrogen-bond acceptors (Lipinski definition) is 3. The van der Waals surface area contributed by atoms with Crippen LogP contribution in [0.3, 0.4) is 0 Å². The lowest BCUT2D eigenvalue weighted by Crippen LogP contribution is -2.10. The zero-order valence-electron chi connectivity index (χ0n) is 11.7. The Labute approximate surface area is 113 Å². The molecule has 2 rings (SSSR count). The Morgan fingerprint density at radius 1 is 1.22 bits per heavy atom. The van der Waals surface area contributed by atoms with Crippen LogP contribution in [-0.2, 0) is 5.41 Å². The highest BCUT2D eigenvalue weighted by atomic mass is 32.1. The number of anilines is 1. The molecule has 0 saturated carbocycles. The van der Waals surface area contributed by atoms with Gasteiger partial charge in [-0.2, -0.15) is 0 Å². The zero-order chi connectivity index (χ0) is 13.3. The molecular formula is C15H20N2S. The van der Waals surface area contributed by atoms with Crippen LogP contribution >= 0.6 is 11.3 Å². The standard InChI is InChI=1S/C15H20N2S/c1-10-7-6-8-11(9-10)12-13(16-5)18-14(17-12)15(2,3)4/h6-9,16H,1-5H3. The second-order valence-corrected chi connectivity index (χ2v) is 6.57. The second kappa shape index (κ2) is 4.73. The molecule has 0 radical (unpaired) electrons. The summed E-state index contributed by atoms with van der Waals surface area (Å²) in [4.78, 5) is 4.82. The lowest BCUT2D eigenvalue weighted by atomic mass is 9.98. The molecule has 18 heavy (non-hydrogen) atoms. The summed E-state index contributed by atoms with van der Waals surface area (Å²) in [6.07, 6.45) is 0. The molecule has 0 spiro atoms. The summed E-state index contributed by atoms with van der Waals surface area (Å²) in [6, 6.07) is 8.50. The maximum atomic E-state index is 4.82. The molecule has 0 aliphatic heterocycles. The predicted molar refractivity (Wildman–Crippen MR) is 80.5 cm³/mol. The minimum atomic E-state index is 0.0956. The van der Waals surface area contributed by atoms with Crippen LogP contribution in [0.5, 0.6) is 0 Å². The molecule has 0 bridgehead atoms. The van der Waals surface area contributed by atoms with Crippen LogP contribution in [0.25, 0.3) is 11.3 Å². The molecule has 2 aromatic rings. The molecule has 2 nitrogen and oxygen atoms in total. The summed E-state index contributed by atoms with van der Waals surface area (Å²) >= 11 is 1.74. The minimum absolute atomic E-state index is 0.0956. The van der Waals surface area contributed by atoms with Gasteiger partial charge < -0.3 is 5.32 Å². The minimum Gasteiger partial charge on any atom is -0.378 e. The molecule has 1 heterocycles. The molecule has 0 unspecified atom stereocenters. The molecule has 0 saturated heterocycles. The summed E-state index contributed by atoms with van der Waals surface area (Å²) in [6.45, 7) is 8.71. The van der Waals surface area contributed by atoms with Crippen molar-refractivity contribution in [3.63, 3.8) is 0 Å². The number of aryl methyl sites for hydroxylation is 1. The molecular weight excluding hydrogens is 240 g/mol. The van der Waals surface area contributed by atoms with Crippen molar-refractivity contribution >= 4 is 16.3 Å². The molecule has 0 amide bonds. The molecule has 96 valence electrons. The predicted octanol–water partition coefficient (Wildman–Crippen LogP) is 4.46. The summed E-state index contributed by atoms with van der Waals surface area (Å²) in [5.41, 5.74) is 3.61. The molecule has 1 aromatic heterocycles. The topological polar surface area (TPSA) is 24.9 Å². The van der Waals surface area contributed by atoms with E-state index >= 15 is 0 Å². The first kappa shape index (κ1) is 13.1. The first-order chi connectivity index (χ1) is 8.41. The lowest BCUT2D eigenvalue weighted by molar-refractivity contribution is 0.586. The van der Waals surface area contributed by atoms with Gasteiger partial charge in [-0.15, -0.1) is 11.3 Å². The van der Waals surface area contributed by atoms with Gasteiger partial charge >= 0.3 is 0 Å². The third-order valence-electron chi connectivity index (χ3n) is 2.79. The first-order valence-electron chi connectivity index (χ1n) is 6.18. The largest absolute Gasteiger partial charge is 0.378 e. The average molecular weight is 260 g/mol. The van der Waals surface area contributed by atoms with Crippen molar-refractivity contribution in [3.8, 4) is 11.3 Å². The van der Waals surface area contributed by atoms with E-state index in [2.05, 4.69) is 57.3 Å². The van der Waals surface area contributed by atoms with Gasteiger partial charge in [-0.25, -0.2) is 4.98 Å². The van der Waals surface area contributed by atoms with Crippen molar-refractivity contribution in [2.45, 2.75) is 33.1 Å². The second-order valence-electron chi connectivity index (χ2n) is 5.57. The number of rotatable bonds is 2. The molecule has 1 aromatic carbocycles. The van der Waals surface area contributed by atoms with Crippen molar-refractivity contribution in [1.29, 1.82) is 0 Å². The highest BCUT2D eigenvalue weighted by molar-refractivity contribution is 7.16. The highest BCUT2D eigenvalue weighted by Crippen LogP contribution is 2.37. The van der Waals surface area contributed by atoms with E-state index in [-0.39, 0.29) is 5.41 Å². The molecule has 0 aliphatic carbocycles. The van der Waals surface area contributed by atoms with Crippen LogP contribution in [-0.4, -0.2) is 12.0 Å². The van der Waals surface area contributed by atoms with Crippen LogP contribution in [0.1, 0.15) is 31.3 Å². The van der Waals surface area contributed by atoms with Crippen LogP contribution < -0.4 is 5.32 Å². The Morgan fingerprint density at radius 2 is 1.94 bits per heavy atom. The van der Waals surface area contributed by atoms with Crippen molar-refractivity contribution in [3.05, 3.63) is 34.8 Å². The molecule has 3 heteroatoms. The van der Waals surface area contributed by atoms with E-state index in [0.717, 1.165) is 10.7 Å². The van der Waals surface area contributed by atoms with E-state index in [1.54, 1.807) is 11.3 Å². The average Bonchev–Trinajstić information content (AvgIpc) is 2.72. The van der Waals surface area contributed by atoms with Gasteiger partial charge in [0.05, 0.1) is 0 Å².